The van der Waals surface area contributed by atoms with Gasteiger partial charge in [0.25, 0.3) is 11.8 Å². The van der Waals surface area contributed by atoms with E-state index in [-0.39, 0.29) is 29.3 Å². The Morgan fingerprint density at radius 1 is 0.907 bits per heavy atom. The molecule has 2 fully saturated rings. The molecule has 0 aliphatic carbocycles. The van der Waals surface area contributed by atoms with Crippen molar-refractivity contribution in [2.45, 2.75) is 57.5 Å². The lowest BCUT2D eigenvalue weighted by Gasteiger charge is -2.33. The van der Waals surface area contributed by atoms with Crippen molar-refractivity contribution in [3.05, 3.63) is 77.6 Å². The van der Waals surface area contributed by atoms with Crippen molar-refractivity contribution in [2.24, 2.45) is 0 Å². The first-order chi connectivity index (χ1) is 20.7. The molecule has 2 aliphatic rings. The number of carbonyl (C=O) groups excluding carboxylic acids is 2. The summed E-state index contributed by atoms with van der Waals surface area (Å²) >= 11 is 0. The van der Waals surface area contributed by atoms with Gasteiger partial charge in [0.2, 0.25) is 17.7 Å². The van der Waals surface area contributed by atoms with Crippen molar-refractivity contribution in [1.29, 1.82) is 0 Å². The molecule has 0 spiro atoms. The molecule has 0 saturated carbocycles. The van der Waals surface area contributed by atoms with Crippen LogP contribution in [0.1, 0.15) is 66.3 Å². The Labute approximate surface area is 251 Å². The summed E-state index contributed by atoms with van der Waals surface area (Å²) in [5, 5.41) is 12.9. The summed E-state index contributed by atoms with van der Waals surface area (Å²) in [5.41, 5.74) is 3.29. The highest BCUT2D eigenvalue weighted by Crippen LogP contribution is 2.24. The van der Waals surface area contributed by atoms with Crippen LogP contribution in [0.5, 0.6) is 0 Å². The van der Waals surface area contributed by atoms with E-state index in [1.807, 2.05) is 54.7 Å². The fourth-order valence-corrected chi connectivity index (χ4v) is 5.58. The number of carbonyl (C=O) groups is 2. The van der Waals surface area contributed by atoms with Crippen LogP contribution in [-0.4, -0.2) is 69.4 Å². The molecule has 4 heterocycles. The molecule has 2 saturated heterocycles. The fraction of sp³-hybridized carbons (Fsp3) is 0.406. The average molecular weight is 582 g/mol. The van der Waals surface area contributed by atoms with Gasteiger partial charge in [0, 0.05) is 60.9 Å². The molecule has 224 valence electrons. The number of anilines is 3. The molecule has 11 heteroatoms. The zero-order valence-electron chi connectivity index (χ0n) is 24.9. The Balaban J connectivity index is 1.13. The maximum Gasteiger partial charge on any atom is 0.251 e. The minimum absolute atomic E-state index is 0.0294. The van der Waals surface area contributed by atoms with E-state index in [1.54, 1.807) is 10.6 Å². The van der Waals surface area contributed by atoms with Gasteiger partial charge in [-0.25, -0.2) is 4.98 Å². The Morgan fingerprint density at radius 3 is 2.28 bits per heavy atom. The minimum atomic E-state index is -0.0739. The van der Waals surface area contributed by atoms with E-state index in [1.165, 1.54) is 5.56 Å². The number of hydrogen-bond donors (Lipinski definition) is 4. The van der Waals surface area contributed by atoms with Crippen molar-refractivity contribution in [1.82, 2.24) is 35.3 Å². The molecule has 6 rings (SSSR count). The molecule has 0 unspecified atom stereocenters. The van der Waals surface area contributed by atoms with Crippen LogP contribution < -0.4 is 26.2 Å². The highest BCUT2D eigenvalue weighted by molar-refractivity contribution is 5.95. The molecule has 2 aromatic heterocycles. The Hall–Kier alpha value is -4.51. The molecular formula is C32H39N9O2. The number of piperidine rings is 1. The van der Waals surface area contributed by atoms with Gasteiger partial charge in [-0.2, -0.15) is 9.97 Å². The van der Waals surface area contributed by atoms with Crippen LogP contribution in [0.25, 0.3) is 5.78 Å². The molecule has 4 N–H and O–H groups in total. The number of imidazole rings is 1. The standard InChI is InChI=1S/C32H39N9O2/c1-32(2,3)23-10-6-21(7-11-23)28(43)36-26-5-4-17-40(20-26)30-38-29-34-16-18-41(29)31(39-30)37-24-12-8-22(9-13-24)27(42)35-25-14-15-33-19-25/h6-13,16,18,25-26,33H,4-5,14-15,17,19-20H2,1-3H3,(H,35,42)(H,36,43)(H,34,37,38,39)/t25-,26+/m0/s1. The molecule has 4 aromatic rings. The van der Waals surface area contributed by atoms with Gasteiger partial charge < -0.3 is 26.2 Å². The van der Waals surface area contributed by atoms with Crippen LogP contribution >= 0.6 is 0 Å². The molecule has 11 nitrogen and oxygen atoms in total. The highest BCUT2D eigenvalue weighted by atomic mass is 16.2. The summed E-state index contributed by atoms with van der Waals surface area (Å²) in [5.74, 6) is 1.50. The second kappa shape index (κ2) is 12.0. The number of hydrogen-bond acceptors (Lipinski definition) is 8. The maximum atomic E-state index is 13.1. The summed E-state index contributed by atoms with van der Waals surface area (Å²) in [6.45, 7) is 9.60. The largest absolute Gasteiger partial charge is 0.348 e. The van der Waals surface area contributed by atoms with Gasteiger partial charge in [0.15, 0.2) is 0 Å². The second-order valence-corrected chi connectivity index (χ2v) is 12.4. The summed E-state index contributed by atoms with van der Waals surface area (Å²) in [6, 6.07) is 15.3. The topological polar surface area (TPSA) is 129 Å². The number of rotatable bonds is 7. The molecule has 0 radical (unpaired) electrons. The Kier molecular flexibility index (Phi) is 7.98. The monoisotopic (exact) mass is 581 g/mol. The SMILES string of the molecule is CC(C)(C)c1ccc(C(=O)N[C@@H]2CCCN(c3nc(Nc4ccc(C(=O)N[C@H]5CCNC5)cc4)n4ccnc4n3)C2)cc1. The predicted octanol–water partition coefficient (Wildman–Crippen LogP) is 3.66. The fourth-order valence-electron chi connectivity index (χ4n) is 5.58. The van der Waals surface area contributed by atoms with E-state index >= 15 is 0 Å². The van der Waals surface area contributed by atoms with Gasteiger partial charge in [-0.1, -0.05) is 32.9 Å². The summed E-state index contributed by atoms with van der Waals surface area (Å²) in [4.78, 5) is 41.8. The van der Waals surface area contributed by atoms with Gasteiger partial charge in [-0.3, -0.25) is 14.0 Å². The van der Waals surface area contributed by atoms with Crippen LogP contribution in [0.2, 0.25) is 0 Å². The average Bonchev–Trinajstić information content (AvgIpc) is 3.70. The van der Waals surface area contributed by atoms with Gasteiger partial charge in [-0.05, 0) is 73.2 Å². The van der Waals surface area contributed by atoms with Gasteiger partial charge in [0.1, 0.15) is 0 Å². The molecular weight excluding hydrogens is 542 g/mol. The van der Waals surface area contributed by atoms with Crippen molar-refractivity contribution in [3.8, 4) is 0 Å². The van der Waals surface area contributed by atoms with Gasteiger partial charge in [0.05, 0.1) is 0 Å². The molecule has 2 amide bonds. The maximum absolute atomic E-state index is 13.1. The third-order valence-electron chi connectivity index (χ3n) is 8.11. The Morgan fingerprint density at radius 2 is 1.60 bits per heavy atom. The lowest BCUT2D eigenvalue weighted by molar-refractivity contribution is 0.0927. The zero-order chi connectivity index (χ0) is 30.0. The zero-order valence-corrected chi connectivity index (χ0v) is 24.9. The summed E-state index contributed by atoms with van der Waals surface area (Å²) in [6.07, 6.45) is 6.23. The summed E-state index contributed by atoms with van der Waals surface area (Å²) in [7, 11) is 0. The van der Waals surface area contributed by atoms with Gasteiger partial charge >= 0.3 is 0 Å². The van der Waals surface area contributed by atoms with Crippen molar-refractivity contribution in [3.63, 3.8) is 0 Å². The third-order valence-corrected chi connectivity index (χ3v) is 8.11. The predicted molar refractivity (Wildman–Crippen MR) is 167 cm³/mol. The van der Waals surface area contributed by atoms with E-state index in [4.69, 9.17) is 9.97 Å². The smallest absolute Gasteiger partial charge is 0.251 e. The van der Waals surface area contributed by atoms with Crippen LogP contribution in [0.15, 0.2) is 60.9 Å². The number of benzene rings is 2. The third kappa shape index (κ3) is 6.61. The van der Waals surface area contributed by atoms with E-state index in [2.05, 4.69) is 51.9 Å². The molecule has 2 aromatic carbocycles. The molecule has 2 atom stereocenters. The van der Waals surface area contributed by atoms with E-state index < -0.39 is 0 Å². The molecule has 43 heavy (non-hydrogen) atoms. The number of nitrogens with one attached hydrogen (secondary N) is 4. The van der Waals surface area contributed by atoms with Crippen molar-refractivity contribution in [2.75, 3.05) is 36.4 Å². The van der Waals surface area contributed by atoms with E-state index in [0.717, 1.165) is 44.6 Å². The first-order valence-electron chi connectivity index (χ1n) is 15.0. The highest BCUT2D eigenvalue weighted by Gasteiger charge is 2.25. The van der Waals surface area contributed by atoms with Crippen molar-refractivity contribution >= 4 is 35.2 Å². The summed E-state index contributed by atoms with van der Waals surface area (Å²) < 4.78 is 1.79. The molecule has 2 aliphatic heterocycles. The van der Waals surface area contributed by atoms with E-state index in [0.29, 0.717) is 35.3 Å². The first kappa shape index (κ1) is 28.6. The lowest BCUT2D eigenvalue weighted by atomic mass is 9.86. The Bertz CT molecular complexity index is 1590. The minimum Gasteiger partial charge on any atom is -0.348 e. The number of fused-ring (bicyclic) bond motifs is 1. The van der Waals surface area contributed by atoms with Crippen LogP contribution in [0.3, 0.4) is 0 Å². The second-order valence-electron chi connectivity index (χ2n) is 12.4. The van der Waals surface area contributed by atoms with E-state index in [9.17, 15) is 9.59 Å². The van der Waals surface area contributed by atoms with Crippen LogP contribution in [0, 0.1) is 0 Å². The van der Waals surface area contributed by atoms with Gasteiger partial charge in [-0.15, -0.1) is 0 Å². The number of aromatic nitrogens is 4. The van der Waals surface area contributed by atoms with Crippen molar-refractivity contribution < 1.29 is 9.59 Å². The number of nitrogens with zero attached hydrogens (tertiary/aromatic N) is 5. The van der Waals surface area contributed by atoms with Crippen LogP contribution in [-0.2, 0) is 5.41 Å². The number of amides is 2. The quantitative estimate of drug-likeness (QED) is 0.260. The molecule has 0 bridgehead atoms. The normalized spacial score (nSPS) is 18.9. The lowest BCUT2D eigenvalue weighted by Crippen LogP contribution is -2.48. The van der Waals surface area contributed by atoms with Crippen LogP contribution in [0.4, 0.5) is 17.6 Å². The first-order valence-corrected chi connectivity index (χ1v) is 15.0.